The molecule has 1 saturated heterocycles. The minimum atomic E-state index is -0.547. The average Bonchev–Trinajstić information content (AvgIpc) is 3.03. The van der Waals surface area contributed by atoms with E-state index >= 15 is 0 Å². The molecule has 1 fully saturated rings. The van der Waals surface area contributed by atoms with Crippen LogP contribution in [0.25, 0.3) is 0 Å². The van der Waals surface area contributed by atoms with E-state index in [1.165, 1.54) is 0 Å². The second-order valence-corrected chi connectivity index (χ2v) is 5.85. The fraction of sp³-hybridized carbons (Fsp3) is 0.765. The first-order valence-electron chi connectivity index (χ1n) is 8.25. The van der Waals surface area contributed by atoms with E-state index in [9.17, 15) is 9.59 Å². The molecule has 0 saturated carbocycles. The molecule has 1 aliphatic rings. The van der Waals surface area contributed by atoms with Crippen LogP contribution >= 0.6 is 0 Å². The second kappa shape index (κ2) is 17.7. The molecule has 8 heteroatoms. The minimum Gasteiger partial charge on any atom is -0.379 e. The van der Waals surface area contributed by atoms with E-state index in [4.69, 9.17) is 4.74 Å². The van der Waals surface area contributed by atoms with Crippen molar-refractivity contribution < 1.29 is 56.5 Å². The van der Waals surface area contributed by atoms with E-state index in [0.717, 1.165) is 32.4 Å². The predicted octanol–water partition coefficient (Wildman–Crippen LogP) is 0.722. The molecule has 0 aromatic rings. The van der Waals surface area contributed by atoms with Crippen molar-refractivity contribution in [3.8, 4) is 0 Å². The summed E-state index contributed by atoms with van der Waals surface area (Å²) < 4.78 is 5.44. The van der Waals surface area contributed by atoms with Crippen molar-refractivity contribution in [3.05, 3.63) is 13.8 Å². The molecular weight excluding hydrogens is 662 g/mol. The van der Waals surface area contributed by atoms with Crippen LogP contribution in [0.5, 0.6) is 0 Å². The van der Waals surface area contributed by atoms with Crippen LogP contribution < -0.4 is 16.0 Å². The Kier molecular flexibility index (Phi) is 21.2. The quantitative estimate of drug-likeness (QED) is 0.327. The van der Waals surface area contributed by atoms with E-state index in [0.29, 0.717) is 0 Å². The third-order valence-electron chi connectivity index (χ3n) is 3.94. The molecule has 0 aromatic heterocycles. The number of ketones is 1. The number of carbonyl (C=O) groups excluding carboxylic acids is 2. The van der Waals surface area contributed by atoms with Crippen LogP contribution in [-0.4, -0.2) is 57.1 Å². The third-order valence-corrected chi connectivity index (χ3v) is 3.94. The summed E-state index contributed by atoms with van der Waals surface area (Å²) in [6.45, 7) is 12.4. The summed E-state index contributed by atoms with van der Waals surface area (Å²) in [6.07, 6.45) is 2.93. The standard InChI is InChI=1S/C13H23N2O3.C4H10N.2W/c1-8(13(17)15-9(2)10(3)16)12(18-4)11-6-5-7-14-11;1-3-4-5-2;;/h8-9,11-12,14H,3,5-7H2,1-2,4H3,(H,15,17);5H,1,3-4H2,2H3;;/q2*-1;;+2/t8-,9+,11+,12-;;;/m1.../s1. The van der Waals surface area contributed by atoms with Gasteiger partial charge in [-0.3, -0.25) is 4.79 Å². The molecule has 25 heavy (non-hydrogen) atoms. The molecule has 4 atom stereocenters. The van der Waals surface area contributed by atoms with Crippen LogP contribution in [0.4, 0.5) is 0 Å². The monoisotopic (exact) mass is 695 g/mol. The van der Waals surface area contributed by atoms with Crippen molar-refractivity contribution in [2.75, 3.05) is 27.2 Å². The first kappa shape index (κ1) is 30.0. The number of amides is 1. The zero-order valence-corrected chi connectivity index (χ0v) is 21.7. The van der Waals surface area contributed by atoms with Crippen molar-refractivity contribution in [1.29, 1.82) is 0 Å². The Labute approximate surface area is 181 Å². The predicted molar refractivity (Wildman–Crippen MR) is 92.9 cm³/mol. The Bertz CT molecular complexity index is 352. The summed E-state index contributed by atoms with van der Waals surface area (Å²) in [6, 6.07) is -0.337. The Hall–Kier alpha value is 0.267. The van der Waals surface area contributed by atoms with Gasteiger partial charge in [0.25, 0.3) is 0 Å². The van der Waals surface area contributed by atoms with Gasteiger partial charge in [-0.2, -0.15) is 6.42 Å². The Morgan fingerprint density at radius 2 is 1.96 bits per heavy atom. The molecule has 1 amide bonds. The summed E-state index contributed by atoms with van der Waals surface area (Å²) in [4.78, 5) is 23.0. The maximum atomic E-state index is 12.0. The number of hydrogen-bond acceptors (Lipinski definition) is 5. The normalized spacial score (nSPS) is 19.2. The molecule has 1 heterocycles. The third kappa shape index (κ3) is 12.3. The average molecular weight is 695 g/mol. The van der Waals surface area contributed by atoms with Gasteiger partial charge in [0.15, 0.2) is 0 Å². The second-order valence-electron chi connectivity index (χ2n) is 5.85. The first-order chi connectivity index (χ1) is 10.9. The molecule has 0 bridgehead atoms. The molecular formula is C17H33N3O3W2. The number of carbonyl (C=O) groups is 2. The van der Waals surface area contributed by atoms with Crippen LogP contribution in [0, 0.1) is 19.8 Å². The number of Topliss-reactive ketones (excluding diaryl/α,β-unsaturated/α-hetero) is 1. The first-order valence-corrected chi connectivity index (χ1v) is 8.25. The van der Waals surface area contributed by atoms with Crippen molar-refractivity contribution in [1.82, 2.24) is 16.0 Å². The van der Waals surface area contributed by atoms with Crippen LogP contribution in [0.2, 0.25) is 0 Å². The summed E-state index contributed by atoms with van der Waals surface area (Å²) in [7, 11) is 3.54. The van der Waals surface area contributed by atoms with E-state index in [1.54, 1.807) is 14.0 Å². The molecule has 6 nitrogen and oxygen atoms in total. The number of nitrogens with one attached hydrogen (secondary N) is 3. The van der Waals surface area contributed by atoms with E-state index < -0.39 is 6.04 Å². The molecule has 146 valence electrons. The number of hydrogen-bond donors (Lipinski definition) is 3. The van der Waals surface area contributed by atoms with Crippen LogP contribution in [0.1, 0.15) is 33.1 Å². The summed E-state index contributed by atoms with van der Waals surface area (Å²) in [5.41, 5.74) is 0. The molecule has 0 aliphatic carbocycles. The van der Waals surface area contributed by atoms with Gasteiger partial charge in [-0.1, -0.05) is 6.92 Å². The zero-order chi connectivity index (χ0) is 17.8. The molecule has 1 rings (SSSR count). The zero-order valence-electron chi connectivity index (χ0n) is 15.8. The van der Waals surface area contributed by atoms with Crippen molar-refractivity contribution >= 4 is 11.7 Å². The van der Waals surface area contributed by atoms with Crippen molar-refractivity contribution in [2.24, 2.45) is 5.92 Å². The smallest absolute Gasteiger partial charge is 0.379 e. The Morgan fingerprint density at radius 3 is 2.28 bits per heavy atom. The van der Waals surface area contributed by atoms with E-state index in [1.807, 2.05) is 14.0 Å². The number of rotatable bonds is 8. The van der Waals surface area contributed by atoms with Crippen molar-refractivity contribution in [3.63, 3.8) is 0 Å². The SMILES string of the molecule is [CH2-]C(=O)[C@H](C)NC(=O)[C@H](C)[C@@H](OC)[C@@H]1CCCN1.[CH2-]CCNC.[W+2].[W]. The molecule has 0 radical (unpaired) electrons. The molecule has 0 aromatic carbocycles. The van der Waals surface area contributed by atoms with Gasteiger partial charge in [0, 0.05) is 40.0 Å². The van der Waals surface area contributed by atoms with Crippen LogP contribution in [0.15, 0.2) is 0 Å². The minimum absolute atomic E-state index is 0. The van der Waals surface area contributed by atoms with Gasteiger partial charge >= 0.3 is 21.1 Å². The molecule has 0 unspecified atom stereocenters. The van der Waals surface area contributed by atoms with Crippen LogP contribution in [-0.2, 0) is 56.5 Å². The van der Waals surface area contributed by atoms with Crippen molar-refractivity contribution in [2.45, 2.75) is 51.3 Å². The van der Waals surface area contributed by atoms with Gasteiger partial charge in [-0.05, 0) is 39.9 Å². The fourth-order valence-electron chi connectivity index (χ4n) is 2.46. The Balaban J connectivity index is -0.000000610. The van der Waals surface area contributed by atoms with Gasteiger partial charge in [0.1, 0.15) is 0 Å². The number of methoxy groups -OCH3 is 1. The largest absolute Gasteiger partial charge is 2.00 e. The summed E-state index contributed by atoms with van der Waals surface area (Å²) in [5, 5.41) is 8.95. The summed E-state index contributed by atoms with van der Waals surface area (Å²) >= 11 is 0. The number of ether oxygens (including phenoxy) is 1. The van der Waals surface area contributed by atoms with Gasteiger partial charge in [0.2, 0.25) is 5.91 Å². The van der Waals surface area contributed by atoms with E-state index in [-0.39, 0.29) is 71.9 Å². The molecule has 0 spiro atoms. The summed E-state index contributed by atoms with van der Waals surface area (Å²) in [5.74, 6) is -0.754. The van der Waals surface area contributed by atoms with Gasteiger partial charge in [0.05, 0.1) is 18.1 Å². The maximum absolute atomic E-state index is 12.0. The molecule has 3 N–H and O–H groups in total. The topological polar surface area (TPSA) is 79.5 Å². The van der Waals surface area contributed by atoms with Gasteiger partial charge < -0.3 is 39.3 Å². The van der Waals surface area contributed by atoms with E-state index in [2.05, 4.69) is 29.8 Å². The fourth-order valence-corrected chi connectivity index (χ4v) is 2.46. The Morgan fingerprint density at radius 1 is 1.36 bits per heavy atom. The van der Waals surface area contributed by atoms with Gasteiger partial charge in [-0.15, -0.1) is 0 Å². The van der Waals surface area contributed by atoms with Crippen LogP contribution in [0.3, 0.4) is 0 Å². The molecule has 1 aliphatic heterocycles. The van der Waals surface area contributed by atoms with Gasteiger partial charge in [-0.25, -0.2) is 0 Å². The maximum Gasteiger partial charge on any atom is 2.00 e.